The molecule has 0 unspecified atom stereocenters. The molecule has 178 valence electrons. The van der Waals surface area contributed by atoms with E-state index in [1.807, 2.05) is 48.2 Å². The first kappa shape index (κ1) is 24.5. The lowest BCUT2D eigenvalue weighted by Crippen LogP contribution is -2.41. The van der Waals surface area contributed by atoms with Crippen LogP contribution in [0.25, 0.3) is 6.08 Å². The van der Waals surface area contributed by atoms with Crippen molar-refractivity contribution in [3.05, 3.63) is 70.6 Å². The SMILES string of the molecule is CCOc1ccc(/C=C2\SC(=S)N(CCC(=O)N3CCC(Cc4ccccc4)CC3)C2=O)cc1. The lowest BCUT2D eigenvalue weighted by molar-refractivity contribution is -0.133. The summed E-state index contributed by atoms with van der Waals surface area (Å²) >= 11 is 6.73. The molecule has 7 heteroatoms. The Balaban J connectivity index is 1.26. The number of hydrogen-bond acceptors (Lipinski definition) is 5. The fourth-order valence-corrected chi connectivity index (χ4v) is 5.68. The predicted molar refractivity (Wildman–Crippen MR) is 142 cm³/mol. The van der Waals surface area contributed by atoms with Gasteiger partial charge in [0.1, 0.15) is 10.1 Å². The first-order chi connectivity index (χ1) is 16.5. The van der Waals surface area contributed by atoms with Gasteiger partial charge in [-0.3, -0.25) is 14.5 Å². The van der Waals surface area contributed by atoms with Gasteiger partial charge >= 0.3 is 0 Å². The number of piperidine rings is 1. The van der Waals surface area contributed by atoms with E-state index in [1.165, 1.54) is 17.3 Å². The molecule has 0 aliphatic carbocycles. The van der Waals surface area contributed by atoms with Gasteiger partial charge in [-0.15, -0.1) is 0 Å². The fourth-order valence-electron chi connectivity index (χ4n) is 4.37. The van der Waals surface area contributed by atoms with Crippen molar-refractivity contribution in [2.45, 2.75) is 32.6 Å². The van der Waals surface area contributed by atoms with Crippen LogP contribution in [-0.4, -0.2) is 52.2 Å². The van der Waals surface area contributed by atoms with E-state index in [0.29, 0.717) is 34.7 Å². The van der Waals surface area contributed by atoms with Crippen LogP contribution in [0, 0.1) is 5.92 Å². The molecule has 5 nitrogen and oxygen atoms in total. The Bertz CT molecular complexity index is 1050. The molecule has 34 heavy (non-hydrogen) atoms. The minimum absolute atomic E-state index is 0.0997. The van der Waals surface area contributed by atoms with Gasteiger partial charge < -0.3 is 9.64 Å². The van der Waals surface area contributed by atoms with Crippen LogP contribution in [0.1, 0.15) is 37.3 Å². The maximum Gasteiger partial charge on any atom is 0.266 e. The third kappa shape index (κ3) is 6.27. The number of carbonyl (C=O) groups excluding carboxylic acids is 2. The molecule has 2 heterocycles. The van der Waals surface area contributed by atoms with Crippen molar-refractivity contribution in [1.29, 1.82) is 0 Å². The maximum atomic E-state index is 12.9. The molecule has 0 aromatic heterocycles. The summed E-state index contributed by atoms with van der Waals surface area (Å²) in [7, 11) is 0. The van der Waals surface area contributed by atoms with Crippen LogP contribution in [0.3, 0.4) is 0 Å². The molecule has 2 amide bonds. The van der Waals surface area contributed by atoms with E-state index in [1.54, 1.807) is 4.90 Å². The number of amides is 2. The maximum absolute atomic E-state index is 12.9. The van der Waals surface area contributed by atoms with E-state index in [2.05, 4.69) is 24.3 Å². The number of nitrogens with zero attached hydrogens (tertiary/aromatic N) is 2. The predicted octanol–water partition coefficient (Wildman–Crippen LogP) is 5.16. The van der Waals surface area contributed by atoms with Gasteiger partial charge in [0.15, 0.2) is 0 Å². The molecular weight excluding hydrogens is 464 g/mol. The summed E-state index contributed by atoms with van der Waals surface area (Å²) < 4.78 is 5.98. The van der Waals surface area contributed by atoms with E-state index in [0.717, 1.165) is 43.7 Å². The third-order valence-corrected chi connectivity index (χ3v) is 7.62. The number of thiocarbonyl (C=S) groups is 1. The molecular formula is C27H30N2O3S2. The van der Waals surface area contributed by atoms with Gasteiger partial charge in [0.2, 0.25) is 5.91 Å². The average Bonchev–Trinajstić information content (AvgIpc) is 3.12. The molecule has 0 radical (unpaired) electrons. The first-order valence-corrected chi connectivity index (χ1v) is 13.1. The highest BCUT2D eigenvalue weighted by Gasteiger charge is 2.33. The Morgan fingerprint density at radius 1 is 1.12 bits per heavy atom. The summed E-state index contributed by atoms with van der Waals surface area (Å²) in [5.74, 6) is 1.39. The second kappa shape index (κ2) is 11.7. The van der Waals surface area contributed by atoms with Gasteiger partial charge in [-0.25, -0.2) is 0 Å². The molecule has 2 aliphatic rings. The number of ether oxygens (including phenoxy) is 1. The van der Waals surface area contributed by atoms with Crippen LogP contribution in [0.4, 0.5) is 0 Å². The Labute approximate surface area is 211 Å². The summed E-state index contributed by atoms with van der Waals surface area (Å²) in [5.41, 5.74) is 2.28. The summed E-state index contributed by atoms with van der Waals surface area (Å²) in [6, 6.07) is 18.2. The molecule has 0 atom stereocenters. The average molecular weight is 495 g/mol. The zero-order valence-electron chi connectivity index (χ0n) is 19.4. The fraction of sp³-hybridized carbons (Fsp3) is 0.370. The van der Waals surface area contributed by atoms with E-state index < -0.39 is 0 Å². The number of likely N-dealkylation sites (tertiary alicyclic amines) is 1. The molecule has 4 rings (SSSR count). The second-order valence-electron chi connectivity index (χ2n) is 8.60. The van der Waals surface area contributed by atoms with Gasteiger partial charge in [-0.1, -0.05) is 66.4 Å². The van der Waals surface area contributed by atoms with Gasteiger partial charge in [-0.05, 0) is 61.4 Å². The molecule has 0 spiro atoms. The molecule has 0 saturated carbocycles. The van der Waals surface area contributed by atoms with Crippen LogP contribution in [0.2, 0.25) is 0 Å². The van der Waals surface area contributed by atoms with Gasteiger partial charge in [-0.2, -0.15) is 0 Å². The number of benzene rings is 2. The zero-order valence-corrected chi connectivity index (χ0v) is 21.1. The molecule has 0 bridgehead atoms. The topological polar surface area (TPSA) is 49.9 Å². The van der Waals surface area contributed by atoms with Crippen LogP contribution >= 0.6 is 24.0 Å². The Kier molecular flexibility index (Phi) is 8.40. The first-order valence-electron chi connectivity index (χ1n) is 11.8. The number of hydrogen-bond donors (Lipinski definition) is 0. The van der Waals surface area contributed by atoms with Crippen molar-refractivity contribution in [2.75, 3.05) is 26.2 Å². The quantitative estimate of drug-likeness (QED) is 0.375. The van der Waals surface area contributed by atoms with Gasteiger partial charge in [0.05, 0.1) is 11.5 Å². The minimum atomic E-state index is -0.127. The molecule has 2 fully saturated rings. The van der Waals surface area contributed by atoms with Crippen molar-refractivity contribution in [3.63, 3.8) is 0 Å². The Hall–Kier alpha value is -2.64. The standard InChI is InChI=1S/C27H30N2O3S2/c1-2-32-23-10-8-21(9-11-23)19-24-26(31)29(27(33)34-24)17-14-25(30)28-15-12-22(13-16-28)18-20-6-4-3-5-7-20/h3-11,19,22H,2,12-18H2,1H3/b24-19-. The van der Waals surface area contributed by atoms with Crippen molar-refractivity contribution >= 4 is 46.2 Å². The lowest BCUT2D eigenvalue weighted by atomic mass is 9.90. The molecule has 2 aromatic rings. The highest BCUT2D eigenvalue weighted by Crippen LogP contribution is 2.33. The third-order valence-electron chi connectivity index (χ3n) is 6.25. The van der Waals surface area contributed by atoms with Gasteiger partial charge in [0.25, 0.3) is 5.91 Å². The van der Waals surface area contributed by atoms with E-state index in [-0.39, 0.29) is 11.8 Å². The molecule has 0 N–H and O–H groups in total. The van der Waals surface area contributed by atoms with Crippen LogP contribution in [0.15, 0.2) is 59.5 Å². The highest BCUT2D eigenvalue weighted by molar-refractivity contribution is 8.26. The molecule has 2 aliphatic heterocycles. The van der Waals surface area contributed by atoms with Crippen LogP contribution < -0.4 is 4.74 Å². The normalized spacial score (nSPS) is 18.1. The van der Waals surface area contributed by atoms with Crippen molar-refractivity contribution < 1.29 is 14.3 Å². The minimum Gasteiger partial charge on any atom is -0.494 e. The van der Waals surface area contributed by atoms with E-state index in [9.17, 15) is 9.59 Å². The highest BCUT2D eigenvalue weighted by atomic mass is 32.2. The van der Waals surface area contributed by atoms with Crippen molar-refractivity contribution in [1.82, 2.24) is 9.80 Å². The smallest absolute Gasteiger partial charge is 0.266 e. The summed E-state index contributed by atoms with van der Waals surface area (Å²) in [6.45, 7) is 4.45. The van der Waals surface area contributed by atoms with E-state index >= 15 is 0 Å². The lowest BCUT2D eigenvalue weighted by Gasteiger charge is -2.32. The number of thioether (sulfide) groups is 1. The summed E-state index contributed by atoms with van der Waals surface area (Å²) in [4.78, 5) is 29.8. The zero-order chi connectivity index (χ0) is 23.9. The molecule has 2 aromatic carbocycles. The largest absolute Gasteiger partial charge is 0.494 e. The van der Waals surface area contributed by atoms with Gasteiger partial charge in [0, 0.05) is 26.1 Å². The monoisotopic (exact) mass is 494 g/mol. The van der Waals surface area contributed by atoms with Crippen molar-refractivity contribution in [3.8, 4) is 5.75 Å². The number of carbonyl (C=O) groups is 2. The Morgan fingerprint density at radius 3 is 2.50 bits per heavy atom. The van der Waals surface area contributed by atoms with Crippen LogP contribution in [-0.2, 0) is 16.0 Å². The van der Waals surface area contributed by atoms with E-state index in [4.69, 9.17) is 17.0 Å². The Morgan fingerprint density at radius 2 is 1.82 bits per heavy atom. The number of rotatable bonds is 8. The summed E-state index contributed by atoms with van der Waals surface area (Å²) in [6.07, 6.45) is 5.25. The van der Waals surface area contributed by atoms with Crippen LogP contribution in [0.5, 0.6) is 5.75 Å². The summed E-state index contributed by atoms with van der Waals surface area (Å²) in [5, 5.41) is 0. The second-order valence-corrected chi connectivity index (χ2v) is 10.3. The molecule has 2 saturated heterocycles. The van der Waals surface area contributed by atoms with Crippen molar-refractivity contribution in [2.24, 2.45) is 5.92 Å².